The second-order valence-electron chi connectivity index (χ2n) is 4.49. The van der Waals surface area contributed by atoms with Gasteiger partial charge in [0, 0.05) is 6.04 Å². The molecule has 0 atom stereocenters. The van der Waals surface area contributed by atoms with Crippen molar-refractivity contribution in [1.29, 1.82) is 0 Å². The van der Waals surface area contributed by atoms with Crippen LogP contribution in [0.5, 0.6) is 11.5 Å². The third-order valence-corrected chi connectivity index (χ3v) is 3.24. The first-order chi connectivity index (χ1) is 7.72. The highest BCUT2D eigenvalue weighted by Gasteiger charge is 2.25. The maximum atomic E-state index is 5.78. The van der Waals surface area contributed by atoms with E-state index in [-0.39, 0.29) is 0 Å². The van der Waals surface area contributed by atoms with Gasteiger partial charge in [0.1, 0.15) is 0 Å². The molecule has 3 nitrogen and oxygen atoms in total. The van der Waals surface area contributed by atoms with Crippen LogP contribution in [0, 0.1) is 5.92 Å². The molecule has 0 bridgehead atoms. The van der Waals surface area contributed by atoms with Gasteiger partial charge < -0.3 is 15.2 Å². The first-order valence-electron chi connectivity index (χ1n) is 5.69. The number of hydrogen-bond acceptors (Lipinski definition) is 3. The van der Waals surface area contributed by atoms with Gasteiger partial charge in [0.25, 0.3) is 0 Å². The van der Waals surface area contributed by atoms with E-state index in [1.807, 2.05) is 6.07 Å². The molecule has 1 saturated carbocycles. The van der Waals surface area contributed by atoms with Crippen LogP contribution >= 0.6 is 0 Å². The Morgan fingerprint density at radius 1 is 1.19 bits per heavy atom. The molecule has 1 aromatic carbocycles. The van der Waals surface area contributed by atoms with Crippen molar-refractivity contribution in [2.24, 2.45) is 11.7 Å². The zero-order chi connectivity index (χ0) is 11.5. The van der Waals surface area contributed by atoms with Crippen LogP contribution in [0.2, 0.25) is 0 Å². The number of methoxy groups -OCH3 is 2. The molecule has 0 saturated heterocycles. The number of nitrogens with two attached hydrogens (primary N) is 1. The van der Waals surface area contributed by atoms with Crippen LogP contribution in [0.4, 0.5) is 0 Å². The average molecular weight is 221 g/mol. The minimum absolute atomic E-state index is 0.421. The number of ether oxygens (including phenoxy) is 2. The Balaban J connectivity index is 2.04. The van der Waals surface area contributed by atoms with E-state index in [2.05, 4.69) is 12.1 Å². The van der Waals surface area contributed by atoms with E-state index in [9.17, 15) is 0 Å². The molecule has 88 valence electrons. The summed E-state index contributed by atoms with van der Waals surface area (Å²) in [5, 5.41) is 0. The first-order valence-corrected chi connectivity index (χ1v) is 5.69. The molecular weight excluding hydrogens is 202 g/mol. The van der Waals surface area contributed by atoms with E-state index in [0.717, 1.165) is 36.7 Å². The molecule has 1 aliphatic carbocycles. The highest BCUT2D eigenvalue weighted by molar-refractivity contribution is 5.43. The van der Waals surface area contributed by atoms with Crippen molar-refractivity contribution in [2.45, 2.75) is 25.3 Å². The lowest BCUT2D eigenvalue weighted by Gasteiger charge is -2.32. The maximum absolute atomic E-state index is 5.78. The Morgan fingerprint density at radius 2 is 1.88 bits per heavy atom. The predicted molar refractivity (Wildman–Crippen MR) is 63.9 cm³/mol. The van der Waals surface area contributed by atoms with Crippen LogP contribution in [0.3, 0.4) is 0 Å². The molecule has 1 fully saturated rings. The normalized spacial score (nSPS) is 23.7. The van der Waals surface area contributed by atoms with Crippen molar-refractivity contribution in [3.8, 4) is 11.5 Å². The highest BCUT2D eigenvalue weighted by atomic mass is 16.5. The van der Waals surface area contributed by atoms with Crippen LogP contribution < -0.4 is 15.2 Å². The Morgan fingerprint density at radius 3 is 2.44 bits per heavy atom. The van der Waals surface area contributed by atoms with E-state index in [1.54, 1.807) is 14.2 Å². The predicted octanol–water partition coefficient (Wildman–Crippen LogP) is 1.98. The quantitative estimate of drug-likeness (QED) is 0.845. The van der Waals surface area contributed by atoms with Gasteiger partial charge in [-0.3, -0.25) is 0 Å². The van der Waals surface area contributed by atoms with Gasteiger partial charge in [-0.25, -0.2) is 0 Å². The van der Waals surface area contributed by atoms with Crippen LogP contribution in [0.25, 0.3) is 0 Å². The third kappa shape index (κ3) is 2.30. The minimum atomic E-state index is 0.421. The molecule has 0 radical (unpaired) electrons. The smallest absolute Gasteiger partial charge is 0.160 e. The van der Waals surface area contributed by atoms with E-state index in [1.165, 1.54) is 5.56 Å². The summed E-state index contributed by atoms with van der Waals surface area (Å²) in [6.07, 6.45) is 3.39. The fraction of sp³-hybridized carbons (Fsp3) is 0.538. The molecule has 2 rings (SSSR count). The highest BCUT2D eigenvalue weighted by Crippen LogP contribution is 2.32. The molecule has 0 heterocycles. The monoisotopic (exact) mass is 221 g/mol. The van der Waals surface area contributed by atoms with Crippen LogP contribution in [-0.2, 0) is 6.42 Å². The van der Waals surface area contributed by atoms with Gasteiger partial charge in [0.15, 0.2) is 11.5 Å². The Bertz CT molecular complexity index is 359. The SMILES string of the molecule is COc1ccc(CC2CC(N)C2)cc1OC. The molecule has 1 aromatic rings. The summed E-state index contributed by atoms with van der Waals surface area (Å²) in [6.45, 7) is 0. The van der Waals surface area contributed by atoms with Crippen molar-refractivity contribution in [2.75, 3.05) is 14.2 Å². The van der Waals surface area contributed by atoms with Gasteiger partial charge in [-0.15, -0.1) is 0 Å². The standard InChI is InChI=1S/C13H19NO2/c1-15-12-4-3-9(8-13(12)16-2)5-10-6-11(14)7-10/h3-4,8,10-11H,5-7,14H2,1-2H3. The second kappa shape index (κ2) is 4.74. The molecule has 0 unspecified atom stereocenters. The van der Waals surface area contributed by atoms with Crippen molar-refractivity contribution in [1.82, 2.24) is 0 Å². The molecule has 0 aromatic heterocycles. The number of benzene rings is 1. The van der Waals surface area contributed by atoms with Crippen LogP contribution in [0.1, 0.15) is 18.4 Å². The lowest BCUT2D eigenvalue weighted by atomic mass is 9.77. The van der Waals surface area contributed by atoms with E-state index in [0.29, 0.717) is 6.04 Å². The Kier molecular flexibility index (Phi) is 3.34. The van der Waals surface area contributed by atoms with Gasteiger partial charge in [-0.1, -0.05) is 6.07 Å². The molecule has 16 heavy (non-hydrogen) atoms. The minimum Gasteiger partial charge on any atom is -0.493 e. The van der Waals surface area contributed by atoms with Crippen LogP contribution in [0.15, 0.2) is 18.2 Å². The van der Waals surface area contributed by atoms with Gasteiger partial charge in [0.05, 0.1) is 14.2 Å². The second-order valence-corrected chi connectivity index (χ2v) is 4.49. The zero-order valence-electron chi connectivity index (χ0n) is 9.90. The topological polar surface area (TPSA) is 44.5 Å². The fourth-order valence-electron chi connectivity index (χ4n) is 2.29. The van der Waals surface area contributed by atoms with Crippen molar-refractivity contribution in [3.63, 3.8) is 0 Å². The lowest BCUT2D eigenvalue weighted by molar-refractivity contribution is 0.264. The zero-order valence-corrected chi connectivity index (χ0v) is 9.90. The van der Waals surface area contributed by atoms with Crippen molar-refractivity contribution < 1.29 is 9.47 Å². The summed E-state index contributed by atoms with van der Waals surface area (Å²) < 4.78 is 10.5. The summed E-state index contributed by atoms with van der Waals surface area (Å²) in [6, 6.07) is 6.55. The summed E-state index contributed by atoms with van der Waals surface area (Å²) in [5.41, 5.74) is 7.08. The van der Waals surface area contributed by atoms with Gasteiger partial charge in [-0.05, 0) is 42.9 Å². The molecule has 2 N–H and O–H groups in total. The maximum Gasteiger partial charge on any atom is 0.160 e. The summed E-state index contributed by atoms with van der Waals surface area (Å²) >= 11 is 0. The number of rotatable bonds is 4. The number of hydrogen-bond donors (Lipinski definition) is 1. The Labute approximate surface area is 96.5 Å². The summed E-state index contributed by atoms with van der Waals surface area (Å²) in [5.74, 6) is 2.34. The molecule has 0 aliphatic heterocycles. The van der Waals surface area contributed by atoms with E-state index >= 15 is 0 Å². The van der Waals surface area contributed by atoms with Crippen molar-refractivity contribution in [3.05, 3.63) is 23.8 Å². The van der Waals surface area contributed by atoms with Crippen molar-refractivity contribution >= 4 is 0 Å². The summed E-state index contributed by atoms with van der Waals surface area (Å²) in [4.78, 5) is 0. The summed E-state index contributed by atoms with van der Waals surface area (Å²) in [7, 11) is 3.32. The van der Waals surface area contributed by atoms with Gasteiger partial charge >= 0.3 is 0 Å². The van der Waals surface area contributed by atoms with E-state index in [4.69, 9.17) is 15.2 Å². The molecule has 0 amide bonds. The largest absolute Gasteiger partial charge is 0.493 e. The molecule has 0 spiro atoms. The lowest BCUT2D eigenvalue weighted by Crippen LogP contribution is -2.37. The van der Waals surface area contributed by atoms with E-state index < -0.39 is 0 Å². The molecular formula is C13H19NO2. The fourth-order valence-corrected chi connectivity index (χ4v) is 2.29. The van der Waals surface area contributed by atoms with Crippen LogP contribution in [-0.4, -0.2) is 20.3 Å². The van der Waals surface area contributed by atoms with Gasteiger partial charge in [-0.2, -0.15) is 0 Å². The third-order valence-electron chi connectivity index (χ3n) is 3.24. The Hall–Kier alpha value is -1.22. The molecule has 3 heteroatoms. The van der Waals surface area contributed by atoms with Gasteiger partial charge in [0.2, 0.25) is 0 Å². The molecule has 1 aliphatic rings. The first kappa shape index (κ1) is 11.3. The average Bonchev–Trinajstić information content (AvgIpc) is 2.27.